The van der Waals surface area contributed by atoms with Crippen LogP contribution in [-0.2, 0) is 0 Å². The van der Waals surface area contributed by atoms with Gasteiger partial charge in [-0.2, -0.15) is 0 Å². The highest BCUT2D eigenvalue weighted by atomic mass is 32.1. The van der Waals surface area contributed by atoms with Crippen LogP contribution in [0, 0.1) is 0 Å². The van der Waals surface area contributed by atoms with Crippen molar-refractivity contribution < 1.29 is 0 Å². The fraction of sp³-hybridized carbons (Fsp3) is 0.500. The third-order valence-corrected chi connectivity index (χ3v) is 1.14. The van der Waals surface area contributed by atoms with Gasteiger partial charge in [-0.15, -0.1) is 0 Å². The van der Waals surface area contributed by atoms with E-state index in [1.807, 2.05) is 26.1 Å². The van der Waals surface area contributed by atoms with E-state index in [1.54, 1.807) is 0 Å². The molecule has 1 nitrogen and oxygen atoms in total. The molecule has 2 heteroatoms. The van der Waals surface area contributed by atoms with Crippen LogP contribution in [0.4, 0.5) is 0 Å². The Morgan fingerprint density at radius 2 is 2.38 bits per heavy atom. The van der Waals surface area contributed by atoms with Gasteiger partial charge in [-0.05, 0) is 19.5 Å². The number of hydrogen-bond acceptors (Lipinski definition) is 1. The number of allylic oxidation sites excluding steroid dienone is 1. The maximum Gasteiger partial charge on any atom is 0.0789 e. The molecular formula is C6H11NS. The van der Waals surface area contributed by atoms with E-state index in [0.29, 0.717) is 0 Å². The molecule has 0 bridgehead atoms. The first kappa shape index (κ1) is 7.63. The maximum atomic E-state index is 4.86. The van der Waals surface area contributed by atoms with Gasteiger partial charge in [0.1, 0.15) is 0 Å². The molecular weight excluding hydrogens is 118 g/mol. The van der Waals surface area contributed by atoms with Crippen LogP contribution in [0.1, 0.15) is 20.3 Å². The second-order valence-corrected chi connectivity index (χ2v) is 1.91. The first-order chi connectivity index (χ1) is 3.81. The average molecular weight is 129 g/mol. The maximum absolute atomic E-state index is 4.86. The van der Waals surface area contributed by atoms with E-state index >= 15 is 0 Å². The SMILES string of the molecule is C/C=C\NC(=S)CC. The third-order valence-electron chi connectivity index (χ3n) is 0.732. The molecule has 1 N–H and O–H groups in total. The van der Waals surface area contributed by atoms with E-state index in [1.165, 1.54) is 0 Å². The van der Waals surface area contributed by atoms with Gasteiger partial charge >= 0.3 is 0 Å². The molecule has 0 amide bonds. The van der Waals surface area contributed by atoms with Gasteiger partial charge in [0, 0.05) is 0 Å². The van der Waals surface area contributed by atoms with Crippen LogP contribution in [0.15, 0.2) is 12.3 Å². The Bertz CT molecular complexity index is 96.7. The standard InChI is InChI=1S/C6H11NS/c1-3-5-7-6(8)4-2/h3,5H,4H2,1-2H3,(H,7,8)/b5-3-. The van der Waals surface area contributed by atoms with Crippen molar-refractivity contribution in [3.8, 4) is 0 Å². The molecule has 0 atom stereocenters. The molecule has 0 aromatic carbocycles. The molecule has 0 spiro atoms. The van der Waals surface area contributed by atoms with Crippen LogP contribution in [0.2, 0.25) is 0 Å². The molecule has 46 valence electrons. The molecule has 0 rings (SSSR count). The number of rotatable bonds is 2. The molecule has 0 aromatic heterocycles. The van der Waals surface area contributed by atoms with Crippen molar-refractivity contribution in [2.75, 3.05) is 0 Å². The van der Waals surface area contributed by atoms with Crippen molar-refractivity contribution in [1.82, 2.24) is 5.32 Å². The van der Waals surface area contributed by atoms with Crippen LogP contribution in [-0.4, -0.2) is 4.99 Å². The number of thiocarbonyl (C=S) groups is 1. The average Bonchev–Trinajstić information content (AvgIpc) is 1.83. The van der Waals surface area contributed by atoms with Gasteiger partial charge in [0.2, 0.25) is 0 Å². The van der Waals surface area contributed by atoms with Gasteiger partial charge in [-0.1, -0.05) is 25.2 Å². The fourth-order valence-electron chi connectivity index (χ4n) is 0.278. The molecule has 0 radical (unpaired) electrons. The predicted molar refractivity (Wildman–Crippen MR) is 40.8 cm³/mol. The smallest absolute Gasteiger partial charge is 0.0789 e. The molecule has 0 aromatic rings. The lowest BCUT2D eigenvalue weighted by molar-refractivity contribution is 1.18. The van der Waals surface area contributed by atoms with Crippen LogP contribution >= 0.6 is 12.2 Å². The van der Waals surface area contributed by atoms with E-state index < -0.39 is 0 Å². The molecule has 0 aliphatic rings. The lowest BCUT2D eigenvalue weighted by atomic mass is 10.5. The van der Waals surface area contributed by atoms with Gasteiger partial charge in [0.15, 0.2) is 0 Å². The summed E-state index contributed by atoms with van der Waals surface area (Å²) in [6, 6.07) is 0. The van der Waals surface area contributed by atoms with E-state index in [9.17, 15) is 0 Å². The zero-order valence-electron chi connectivity index (χ0n) is 5.27. The highest BCUT2D eigenvalue weighted by molar-refractivity contribution is 7.80. The first-order valence-corrected chi connectivity index (χ1v) is 3.12. The minimum Gasteiger partial charge on any atom is -0.357 e. The Morgan fingerprint density at radius 3 is 2.75 bits per heavy atom. The predicted octanol–water partition coefficient (Wildman–Crippen LogP) is 1.85. The van der Waals surface area contributed by atoms with Crippen molar-refractivity contribution >= 4 is 17.2 Å². The lowest BCUT2D eigenvalue weighted by Crippen LogP contribution is -2.11. The van der Waals surface area contributed by atoms with Crippen molar-refractivity contribution in [1.29, 1.82) is 0 Å². The van der Waals surface area contributed by atoms with Gasteiger partial charge in [-0.3, -0.25) is 0 Å². The largest absolute Gasteiger partial charge is 0.357 e. The van der Waals surface area contributed by atoms with Crippen molar-refractivity contribution in [2.45, 2.75) is 20.3 Å². The Hall–Kier alpha value is -0.370. The molecule has 0 fully saturated rings. The fourth-order valence-corrected chi connectivity index (χ4v) is 0.346. The van der Waals surface area contributed by atoms with E-state index in [4.69, 9.17) is 12.2 Å². The molecule has 0 unspecified atom stereocenters. The Balaban J connectivity index is 3.25. The highest BCUT2D eigenvalue weighted by Gasteiger charge is 1.81. The minimum absolute atomic E-state index is 0.892. The Labute approximate surface area is 55.8 Å². The molecule has 0 saturated carbocycles. The second kappa shape index (κ2) is 4.78. The van der Waals surface area contributed by atoms with E-state index in [0.717, 1.165) is 11.4 Å². The van der Waals surface area contributed by atoms with Gasteiger partial charge in [0.25, 0.3) is 0 Å². The molecule has 0 aliphatic heterocycles. The summed E-state index contributed by atoms with van der Waals surface area (Å²) in [6.45, 7) is 3.98. The van der Waals surface area contributed by atoms with E-state index in [2.05, 4.69) is 5.32 Å². The number of nitrogens with one attached hydrogen (secondary N) is 1. The summed E-state index contributed by atoms with van der Waals surface area (Å²) in [5, 5.41) is 2.93. The summed E-state index contributed by atoms with van der Waals surface area (Å²) < 4.78 is 0. The van der Waals surface area contributed by atoms with Crippen LogP contribution in [0.25, 0.3) is 0 Å². The molecule has 0 heterocycles. The van der Waals surface area contributed by atoms with Crippen molar-refractivity contribution in [2.24, 2.45) is 0 Å². The first-order valence-electron chi connectivity index (χ1n) is 2.71. The molecule has 8 heavy (non-hydrogen) atoms. The second-order valence-electron chi connectivity index (χ2n) is 1.42. The zero-order chi connectivity index (χ0) is 6.41. The third kappa shape index (κ3) is 3.81. The van der Waals surface area contributed by atoms with Crippen LogP contribution in [0.3, 0.4) is 0 Å². The molecule has 0 aliphatic carbocycles. The monoisotopic (exact) mass is 129 g/mol. The quantitative estimate of drug-likeness (QED) is 0.571. The van der Waals surface area contributed by atoms with Gasteiger partial charge < -0.3 is 5.32 Å². The van der Waals surface area contributed by atoms with Crippen LogP contribution < -0.4 is 5.32 Å². The summed E-state index contributed by atoms with van der Waals surface area (Å²) in [7, 11) is 0. The topological polar surface area (TPSA) is 12.0 Å². The minimum atomic E-state index is 0.892. The lowest BCUT2D eigenvalue weighted by Gasteiger charge is -1.94. The number of hydrogen-bond donors (Lipinski definition) is 1. The Morgan fingerprint density at radius 1 is 1.75 bits per heavy atom. The Kier molecular flexibility index (Phi) is 4.56. The molecule has 0 saturated heterocycles. The summed E-state index contributed by atoms with van der Waals surface area (Å²) in [6.07, 6.45) is 4.67. The summed E-state index contributed by atoms with van der Waals surface area (Å²) in [4.78, 5) is 0.892. The van der Waals surface area contributed by atoms with Gasteiger partial charge in [-0.25, -0.2) is 0 Å². The highest BCUT2D eigenvalue weighted by Crippen LogP contribution is 1.78. The summed E-state index contributed by atoms with van der Waals surface area (Å²) in [5.41, 5.74) is 0. The summed E-state index contributed by atoms with van der Waals surface area (Å²) >= 11 is 4.86. The normalized spacial score (nSPS) is 9.75. The van der Waals surface area contributed by atoms with Crippen molar-refractivity contribution in [3.05, 3.63) is 12.3 Å². The van der Waals surface area contributed by atoms with Crippen LogP contribution in [0.5, 0.6) is 0 Å². The summed E-state index contributed by atoms with van der Waals surface area (Å²) in [5.74, 6) is 0. The van der Waals surface area contributed by atoms with Gasteiger partial charge in [0.05, 0.1) is 4.99 Å². The zero-order valence-corrected chi connectivity index (χ0v) is 6.09. The van der Waals surface area contributed by atoms with E-state index in [-0.39, 0.29) is 0 Å². The van der Waals surface area contributed by atoms with Crippen molar-refractivity contribution in [3.63, 3.8) is 0 Å².